The fourth-order valence-electron chi connectivity index (χ4n) is 2.13. The average molecular weight is 310 g/mol. The number of hydrogen-bond donors (Lipinski definition) is 2. The second-order valence-electron chi connectivity index (χ2n) is 4.70. The molecule has 0 atom stereocenters. The number of carbonyl (C=O) groups is 1. The number of thiazole rings is 1. The second kappa shape index (κ2) is 5.91. The zero-order valence-corrected chi connectivity index (χ0v) is 13.0. The molecule has 20 heavy (non-hydrogen) atoms. The van der Waals surface area contributed by atoms with E-state index in [4.69, 9.17) is 0 Å². The Morgan fingerprint density at radius 2 is 2.05 bits per heavy atom. The van der Waals surface area contributed by atoms with E-state index in [2.05, 4.69) is 15.6 Å². The van der Waals surface area contributed by atoms with Crippen molar-refractivity contribution in [3.8, 4) is 0 Å². The Bertz CT molecular complexity index is 634. The number of benzene rings is 1. The molecule has 2 aromatic rings. The fraction of sp³-hybridized carbons (Fsp3) is 0.286. The zero-order valence-electron chi connectivity index (χ0n) is 11.3. The van der Waals surface area contributed by atoms with E-state index < -0.39 is 0 Å². The highest BCUT2D eigenvalue weighted by atomic mass is 35.5. The van der Waals surface area contributed by atoms with Gasteiger partial charge in [-0.15, -0.1) is 23.7 Å². The lowest BCUT2D eigenvalue weighted by atomic mass is 10.1. The number of fused-ring (bicyclic) bond motifs is 1. The van der Waals surface area contributed by atoms with Crippen LogP contribution in [0.5, 0.6) is 0 Å². The van der Waals surface area contributed by atoms with E-state index >= 15 is 0 Å². The highest BCUT2D eigenvalue weighted by molar-refractivity contribution is 7.15. The number of anilines is 1. The molecule has 1 aliphatic heterocycles. The Hall–Kier alpha value is -1.43. The molecule has 0 saturated heterocycles. The highest BCUT2D eigenvalue weighted by Gasteiger charge is 2.14. The molecule has 106 valence electrons. The van der Waals surface area contributed by atoms with Crippen molar-refractivity contribution in [3.63, 3.8) is 0 Å². The maximum Gasteiger partial charge on any atom is 0.257 e. The second-order valence-corrected chi connectivity index (χ2v) is 5.90. The SMILES string of the molecule is Cc1nc(NC(=O)c2ccc3c(c2)CNC3)sc1C.Cl. The van der Waals surface area contributed by atoms with Crippen LogP contribution >= 0.6 is 23.7 Å². The smallest absolute Gasteiger partial charge is 0.257 e. The lowest BCUT2D eigenvalue weighted by Crippen LogP contribution is -2.12. The molecule has 1 amide bonds. The van der Waals surface area contributed by atoms with Crippen molar-refractivity contribution >= 4 is 34.8 Å². The van der Waals surface area contributed by atoms with Gasteiger partial charge in [0.05, 0.1) is 5.69 Å². The Morgan fingerprint density at radius 1 is 1.30 bits per heavy atom. The molecule has 0 aliphatic carbocycles. The average Bonchev–Trinajstić information content (AvgIpc) is 2.96. The van der Waals surface area contributed by atoms with E-state index in [-0.39, 0.29) is 18.3 Å². The molecule has 1 aromatic heterocycles. The van der Waals surface area contributed by atoms with Crippen LogP contribution in [-0.4, -0.2) is 10.9 Å². The monoisotopic (exact) mass is 309 g/mol. The molecule has 0 saturated carbocycles. The van der Waals surface area contributed by atoms with Crippen LogP contribution in [0.15, 0.2) is 18.2 Å². The van der Waals surface area contributed by atoms with Crippen molar-refractivity contribution in [2.75, 3.05) is 5.32 Å². The number of rotatable bonds is 2. The maximum absolute atomic E-state index is 12.2. The van der Waals surface area contributed by atoms with Crippen LogP contribution in [0.25, 0.3) is 0 Å². The summed E-state index contributed by atoms with van der Waals surface area (Å²) in [5, 5.41) is 6.80. The summed E-state index contributed by atoms with van der Waals surface area (Å²) in [4.78, 5) is 17.6. The number of nitrogens with zero attached hydrogens (tertiary/aromatic N) is 1. The molecule has 0 fully saturated rings. The molecule has 1 aliphatic rings. The molecule has 2 heterocycles. The van der Waals surface area contributed by atoms with Gasteiger partial charge in [0, 0.05) is 23.5 Å². The molecular formula is C14H16ClN3OS. The molecule has 0 unspecified atom stereocenters. The van der Waals surface area contributed by atoms with Crippen molar-refractivity contribution in [2.45, 2.75) is 26.9 Å². The van der Waals surface area contributed by atoms with Gasteiger partial charge in [0.25, 0.3) is 5.91 Å². The third kappa shape index (κ3) is 2.85. The highest BCUT2D eigenvalue weighted by Crippen LogP contribution is 2.22. The Kier molecular flexibility index (Phi) is 4.42. The van der Waals surface area contributed by atoms with Crippen LogP contribution in [0.1, 0.15) is 32.1 Å². The van der Waals surface area contributed by atoms with Crippen molar-refractivity contribution in [2.24, 2.45) is 0 Å². The number of aryl methyl sites for hydroxylation is 2. The third-order valence-electron chi connectivity index (χ3n) is 3.35. The lowest BCUT2D eigenvalue weighted by molar-refractivity contribution is 0.102. The normalized spacial score (nSPS) is 12.7. The molecule has 2 N–H and O–H groups in total. The topological polar surface area (TPSA) is 54.0 Å². The molecule has 0 radical (unpaired) electrons. The number of carbonyl (C=O) groups excluding carboxylic acids is 1. The van der Waals surface area contributed by atoms with E-state index in [0.717, 1.165) is 23.7 Å². The summed E-state index contributed by atoms with van der Waals surface area (Å²) >= 11 is 1.51. The van der Waals surface area contributed by atoms with Gasteiger partial charge in [0.15, 0.2) is 5.13 Å². The van der Waals surface area contributed by atoms with Crippen LogP contribution in [0, 0.1) is 13.8 Å². The minimum Gasteiger partial charge on any atom is -0.309 e. The maximum atomic E-state index is 12.2. The van der Waals surface area contributed by atoms with Crippen LogP contribution in [-0.2, 0) is 13.1 Å². The molecular weight excluding hydrogens is 294 g/mol. The van der Waals surface area contributed by atoms with Crippen molar-refractivity contribution < 1.29 is 4.79 Å². The first-order chi connectivity index (χ1) is 9.13. The van der Waals surface area contributed by atoms with Crippen LogP contribution < -0.4 is 10.6 Å². The molecule has 0 bridgehead atoms. The Labute approximate surface area is 128 Å². The number of aromatic nitrogens is 1. The van der Waals surface area contributed by atoms with Gasteiger partial charge >= 0.3 is 0 Å². The largest absolute Gasteiger partial charge is 0.309 e. The molecule has 6 heteroatoms. The van der Waals surface area contributed by atoms with Gasteiger partial charge in [-0.3, -0.25) is 10.1 Å². The summed E-state index contributed by atoms with van der Waals surface area (Å²) in [6, 6.07) is 5.84. The summed E-state index contributed by atoms with van der Waals surface area (Å²) in [6.07, 6.45) is 0. The van der Waals surface area contributed by atoms with Gasteiger partial charge in [-0.1, -0.05) is 6.07 Å². The van der Waals surface area contributed by atoms with Gasteiger partial charge in [-0.05, 0) is 37.1 Å². The van der Waals surface area contributed by atoms with Gasteiger partial charge in [-0.2, -0.15) is 0 Å². The number of hydrogen-bond acceptors (Lipinski definition) is 4. The first kappa shape index (κ1) is 15.0. The first-order valence-corrected chi connectivity index (χ1v) is 7.03. The van der Waals surface area contributed by atoms with E-state index in [1.807, 2.05) is 32.0 Å². The Balaban J connectivity index is 0.00000147. The summed E-state index contributed by atoms with van der Waals surface area (Å²) in [5.41, 5.74) is 4.14. The van der Waals surface area contributed by atoms with Crippen LogP contribution in [0.4, 0.5) is 5.13 Å². The van der Waals surface area contributed by atoms with Crippen molar-refractivity contribution in [3.05, 3.63) is 45.5 Å². The van der Waals surface area contributed by atoms with Crippen LogP contribution in [0.3, 0.4) is 0 Å². The Morgan fingerprint density at radius 3 is 2.75 bits per heavy atom. The summed E-state index contributed by atoms with van der Waals surface area (Å²) in [5.74, 6) is -0.0940. The molecule has 0 spiro atoms. The lowest BCUT2D eigenvalue weighted by Gasteiger charge is -2.04. The summed E-state index contributed by atoms with van der Waals surface area (Å²) in [6.45, 7) is 5.68. The standard InChI is InChI=1S/C14H15N3OS.ClH/c1-8-9(2)19-14(16-8)17-13(18)10-3-4-11-6-15-7-12(11)5-10;/h3-5,15H,6-7H2,1-2H3,(H,16,17,18);1H. The predicted molar refractivity (Wildman–Crippen MR) is 83.8 cm³/mol. The molecule has 3 rings (SSSR count). The predicted octanol–water partition coefficient (Wildman–Crippen LogP) is 3.04. The van der Waals surface area contributed by atoms with Crippen LogP contribution in [0.2, 0.25) is 0 Å². The molecule has 4 nitrogen and oxygen atoms in total. The van der Waals surface area contributed by atoms with Gasteiger partial charge < -0.3 is 5.32 Å². The van der Waals surface area contributed by atoms with Crippen molar-refractivity contribution in [1.29, 1.82) is 0 Å². The van der Waals surface area contributed by atoms with Gasteiger partial charge in [0.1, 0.15) is 0 Å². The third-order valence-corrected chi connectivity index (χ3v) is 4.34. The van der Waals surface area contributed by atoms with Gasteiger partial charge in [-0.25, -0.2) is 4.98 Å². The van der Waals surface area contributed by atoms with E-state index in [1.54, 1.807) is 0 Å². The zero-order chi connectivity index (χ0) is 13.4. The van der Waals surface area contributed by atoms with E-state index in [9.17, 15) is 4.79 Å². The minimum atomic E-state index is -0.0940. The first-order valence-electron chi connectivity index (χ1n) is 6.21. The van der Waals surface area contributed by atoms with Gasteiger partial charge in [0.2, 0.25) is 0 Å². The fourth-order valence-corrected chi connectivity index (χ4v) is 2.94. The van der Waals surface area contributed by atoms with E-state index in [1.165, 1.54) is 22.5 Å². The quantitative estimate of drug-likeness (QED) is 0.896. The van der Waals surface area contributed by atoms with Crippen molar-refractivity contribution in [1.82, 2.24) is 10.3 Å². The number of nitrogens with one attached hydrogen (secondary N) is 2. The minimum absolute atomic E-state index is 0. The molecule has 1 aromatic carbocycles. The number of halogens is 1. The summed E-state index contributed by atoms with van der Waals surface area (Å²) in [7, 11) is 0. The number of amides is 1. The summed E-state index contributed by atoms with van der Waals surface area (Å²) < 4.78 is 0. The van der Waals surface area contributed by atoms with E-state index in [0.29, 0.717) is 10.7 Å².